The van der Waals surface area contributed by atoms with Crippen molar-refractivity contribution in [1.82, 2.24) is 24.6 Å². The number of aromatic nitrogens is 4. The van der Waals surface area contributed by atoms with Gasteiger partial charge in [-0.3, -0.25) is 4.79 Å². The Balaban J connectivity index is 1.79. The molecular formula is C12H15N5O2. The standard InChI is InChI=1S/C12H15N5O2/c1-8(18)17-4-3-9(6-17)11-14-15-12(19-11)10-5-13-7-16(10)2/h5,7,9H,3-4,6H2,1-2H3/t9-/m0/s1. The number of amides is 1. The molecule has 2 aromatic rings. The van der Waals surface area contributed by atoms with Crippen LogP contribution in [0.15, 0.2) is 16.9 Å². The van der Waals surface area contributed by atoms with Crippen LogP contribution in [0.3, 0.4) is 0 Å². The number of imidazole rings is 1. The number of likely N-dealkylation sites (tertiary alicyclic amines) is 1. The summed E-state index contributed by atoms with van der Waals surface area (Å²) in [6, 6.07) is 0. The van der Waals surface area contributed by atoms with Crippen LogP contribution < -0.4 is 0 Å². The first-order valence-corrected chi connectivity index (χ1v) is 6.20. The second-order valence-electron chi connectivity index (χ2n) is 4.79. The van der Waals surface area contributed by atoms with Crippen molar-refractivity contribution >= 4 is 5.91 Å². The summed E-state index contributed by atoms with van der Waals surface area (Å²) in [5, 5.41) is 8.15. The Morgan fingerprint density at radius 2 is 2.32 bits per heavy atom. The molecule has 0 unspecified atom stereocenters. The van der Waals surface area contributed by atoms with Crippen LogP contribution in [-0.2, 0) is 11.8 Å². The molecular weight excluding hydrogens is 246 g/mol. The van der Waals surface area contributed by atoms with E-state index in [0.29, 0.717) is 18.3 Å². The Labute approximate surface area is 110 Å². The summed E-state index contributed by atoms with van der Waals surface area (Å²) in [4.78, 5) is 17.1. The van der Waals surface area contributed by atoms with E-state index < -0.39 is 0 Å². The van der Waals surface area contributed by atoms with Gasteiger partial charge in [0.2, 0.25) is 11.8 Å². The van der Waals surface area contributed by atoms with Gasteiger partial charge in [0.25, 0.3) is 5.89 Å². The van der Waals surface area contributed by atoms with Crippen LogP contribution in [0, 0.1) is 0 Å². The Kier molecular flexibility index (Phi) is 2.81. The molecule has 7 nitrogen and oxygen atoms in total. The average Bonchev–Trinajstić information content (AvgIpc) is 3.07. The van der Waals surface area contributed by atoms with Gasteiger partial charge in [0, 0.05) is 27.1 Å². The van der Waals surface area contributed by atoms with Crippen LogP contribution in [-0.4, -0.2) is 43.6 Å². The van der Waals surface area contributed by atoms with Crippen molar-refractivity contribution in [3.05, 3.63) is 18.4 Å². The Bertz CT molecular complexity index is 603. The van der Waals surface area contributed by atoms with Gasteiger partial charge in [0.1, 0.15) is 5.69 Å². The highest BCUT2D eigenvalue weighted by Crippen LogP contribution is 2.28. The van der Waals surface area contributed by atoms with Crippen LogP contribution in [0.1, 0.15) is 25.2 Å². The molecule has 1 amide bonds. The number of nitrogens with zero attached hydrogens (tertiary/aromatic N) is 5. The third-order valence-electron chi connectivity index (χ3n) is 3.46. The van der Waals surface area contributed by atoms with Crippen molar-refractivity contribution in [3.63, 3.8) is 0 Å². The number of rotatable bonds is 2. The van der Waals surface area contributed by atoms with Gasteiger partial charge in [-0.2, -0.15) is 0 Å². The van der Waals surface area contributed by atoms with Crippen molar-refractivity contribution in [1.29, 1.82) is 0 Å². The number of aryl methyl sites for hydroxylation is 1. The lowest BCUT2D eigenvalue weighted by molar-refractivity contribution is -0.127. The highest BCUT2D eigenvalue weighted by Gasteiger charge is 2.29. The molecule has 7 heteroatoms. The fourth-order valence-electron chi connectivity index (χ4n) is 2.31. The summed E-state index contributed by atoms with van der Waals surface area (Å²) in [6.45, 7) is 2.99. The maximum absolute atomic E-state index is 11.3. The van der Waals surface area contributed by atoms with E-state index in [9.17, 15) is 4.79 Å². The maximum Gasteiger partial charge on any atom is 0.265 e. The van der Waals surface area contributed by atoms with Crippen molar-refractivity contribution < 1.29 is 9.21 Å². The lowest BCUT2D eigenvalue weighted by Crippen LogP contribution is -2.25. The molecule has 0 radical (unpaired) electrons. The lowest BCUT2D eigenvalue weighted by atomic mass is 10.1. The molecule has 3 rings (SSSR count). The minimum absolute atomic E-state index is 0.0915. The summed E-state index contributed by atoms with van der Waals surface area (Å²) < 4.78 is 7.53. The van der Waals surface area contributed by atoms with E-state index in [-0.39, 0.29) is 11.8 Å². The van der Waals surface area contributed by atoms with Gasteiger partial charge < -0.3 is 13.9 Å². The minimum atomic E-state index is 0.0915. The zero-order valence-corrected chi connectivity index (χ0v) is 10.9. The number of hydrogen-bond acceptors (Lipinski definition) is 5. The number of carbonyl (C=O) groups excluding carboxylic acids is 1. The SMILES string of the molecule is CC(=O)N1CC[C@H](c2nnc(-c3cncn3C)o2)C1. The topological polar surface area (TPSA) is 77.1 Å². The van der Waals surface area contributed by atoms with Crippen LogP contribution in [0.4, 0.5) is 0 Å². The summed E-state index contributed by atoms with van der Waals surface area (Å²) in [6.07, 6.45) is 4.24. The van der Waals surface area contributed by atoms with Crippen molar-refractivity contribution in [2.24, 2.45) is 7.05 Å². The second kappa shape index (κ2) is 4.49. The molecule has 100 valence electrons. The van der Waals surface area contributed by atoms with Crippen LogP contribution in [0.5, 0.6) is 0 Å². The molecule has 1 saturated heterocycles. The Morgan fingerprint density at radius 3 is 2.95 bits per heavy atom. The van der Waals surface area contributed by atoms with E-state index in [4.69, 9.17) is 4.42 Å². The summed E-state index contributed by atoms with van der Waals surface area (Å²) in [5.41, 5.74) is 0.792. The van der Waals surface area contributed by atoms with Gasteiger partial charge in [-0.05, 0) is 6.42 Å². The zero-order valence-electron chi connectivity index (χ0n) is 10.9. The predicted octanol–water partition coefficient (Wildman–Crippen LogP) is 0.806. The first-order chi connectivity index (χ1) is 9.15. The highest BCUT2D eigenvalue weighted by molar-refractivity contribution is 5.73. The van der Waals surface area contributed by atoms with E-state index in [1.165, 1.54) is 0 Å². The van der Waals surface area contributed by atoms with Crippen LogP contribution in [0.25, 0.3) is 11.6 Å². The van der Waals surface area contributed by atoms with Gasteiger partial charge in [-0.1, -0.05) is 0 Å². The molecule has 1 atom stereocenters. The van der Waals surface area contributed by atoms with E-state index >= 15 is 0 Å². The smallest absolute Gasteiger partial charge is 0.265 e. The van der Waals surface area contributed by atoms with Crippen LogP contribution in [0.2, 0.25) is 0 Å². The molecule has 0 spiro atoms. The normalized spacial score (nSPS) is 19.1. The lowest BCUT2D eigenvalue weighted by Gasteiger charge is -2.11. The van der Waals surface area contributed by atoms with E-state index in [1.54, 1.807) is 24.3 Å². The summed E-state index contributed by atoms with van der Waals surface area (Å²) in [7, 11) is 1.87. The van der Waals surface area contributed by atoms with Crippen molar-refractivity contribution in [2.75, 3.05) is 13.1 Å². The Morgan fingerprint density at radius 1 is 1.47 bits per heavy atom. The molecule has 3 heterocycles. The predicted molar refractivity (Wildman–Crippen MR) is 66.1 cm³/mol. The molecule has 0 N–H and O–H groups in total. The third kappa shape index (κ3) is 2.11. The average molecular weight is 261 g/mol. The van der Waals surface area contributed by atoms with Gasteiger partial charge in [-0.25, -0.2) is 4.98 Å². The first kappa shape index (κ1) is 11.9. The molecule has 1 fully saturated rings. The molecule has 0 saturated carbocycles. The largest absolute Gasteiger partial charge is 0.419 e. The fraction of sp³-hybridized carbons (Fsp3) is 0.500. The monoisotopic (exact) mass is 261 g/mol. The van der Waals surface area contributed by atoms with Gasteiger partial charge >= 0.3 is 0 Å². The van der Waals surface area contributed by atoms with Crippen molar-refractivity contribution in [3.8, 4) is 11.6 Å². The summed E-state index contributed by atoms with van der Waals surface area (Å²) >= 11 is 0. The molecule has 0 bridgehead atoms. The van der Waals surface area contributed by atoms with Gasteiger partial charge in [-0.15, -0.1) is 10.2 Å². The first-order valence-electron chi connectivity index (χ1n) is 6.20. The van der Waals surface area contributed by atoms with Gasteiger partial charge in [0.15, 0.2) is 0 Å². The second-order valence-corrected chi connectivity index (χ2v) is 4.79. The molecule has 1 aliphatic heterocycles. The third-order valence-corrected chi connectivity index (χ3v) is 3.46. The van der Waals surface area contributed by atoms with E-state index in [2.05, 4.69) is 15.2 Å². The quantitative estimate of drug-likeness (QED) is 0.799. The highest BCUT2D eigenvalue weighted by atomic mass is 16.4. The molecule has 2 aromatic heterocycles. The van der Waals surface area contributed by atoms with E-state index in [1.807, 2.05) is 11.6 Å². The molecule has 0 aromatic carbocycles. The maximum atomic E-state index is 11.3. The fourth-order valence-corrected chi connectivity index (χ4v) is 2.31. The van der Waals surface area contributed by atoms with E-state index in [0.717, 1.165) is 18.7 Å². The summed E-state index contributed by atoms with van der Waals surface area (Å²) in [5.74, 6) is 1.29. The van der Waals surface area contributed by atoms with Crippen LogP contribution >= 0.6 is 0 Å². The number of hydrogen-bond donors (Lipinski definition) is 0. The van der Waals surface area contributed by atoms with Gasteiger partial charge in [0.05, 0.1) is 18.4 Å². The molecule has 0 aliphatic carbocycles. The number of carbonyl (C=O) groups is 1. The Hall–Kier alpha value is -2.18. The van der Waals surface area contributed by atoms with Crippen molar-refractivity contribution in [2.45, 2.75) is 19.3 Å². The molecule has 19 heavy (non-hydrogen) atoms. The minimum Gasteiger partial charge on any atom is -0.419 e. The molecule has 1 aliphatic rings. The zero-order chi connectivity index (χ0) is 13.4.